The van der Waals surface area contributed by atoms with E-state index in [-0.39, 0.29) is 36.3 Å². The number of likely N-dealkylation sites (tertiary alicyclic amines) is 1. The second-order valence-corrected chi connectivity index (χ2v) is 7.45. The number of carbonyl (C=O) groups excluding carboxylic acids is 1. The number of hydrogen-bond donors (Lipinski definition) is 2. The van der Waals surface area contributed by atoms with Gasteiger partial charge in [-0.2, -0.15) is 0 Å². The van der Waals surface area contributed by atoms with Crippen LogP contribution in [0.1, 0.15) is 25.1 Å². The van der Waals surface area contributed by atoms with E-state index in [1.165, 1.54) is 6.08 Å². The lowest BCUT2D eigenvalue weighted by atomic mass is 10.00. The van der Waals surface area contributed by atoms with Crippen LogP contribution in [0.3, 0.4) is 0 Å². The Labute approximate surface area is 171 Å². The summed E-state index contributed by atoms with van der Waals surface area (Å²) in [6.45, 7) is 2.02. The van der Waals surface area contributed by atoms with Gasteiger partial charge in [-0.3, -0.25) is 14.8 Å². The number of carbonyl (C=O) groups is 1. The van der Waals surface area contributed by atoms with Crippen molar-refractivity contribution in [3.05, 3.63) is 42.0 Å². The summed E-state index contributed by atoms with van der Waals surface area (Å²) in [4.78, 5) is 17.9. The fraction of sp³-hybridized carbons (Fsp3) is 0.450. The Hall–Kier alpha value is -3.01. The molecule has 8 nitrogen and oxygen atoms in total. The maximum atomic E-state index is 13.4. The average Bonchev–Trinajstić information content (AvgIpc) is 3.34. The molecule has 0 bridgehead atoms. The van der Waals surface area contributed by atoms with Crippen LogP contribution in [0.4, 0.5) is 8.78 Å². The van der Waals surface area contributed by atoms with Crippen LogP contribution >= 0.6 is 0 Å². The molecule has 0 spiro atoms. The first-order valence-electron chi connectivity index (χ1n) is 9.79. The highest BCUT2D eigenvalue weighted by Crippen LogP contribution is 2.25. The van der Waals surface area contributed by atoms with Crippen LogP contribution in [-0.2, 0) is 14.3 Å². The zero-order valence-corrected chi connectivity index (χ0v) is 16.3. The molecule has 1 atom stereocenters. The second kappa shape index (κ2) is 8.39. The maximum absolute atomic E-state index is 13.4. The lowest BCUT2D eigenvalue weighted by Crippen LogP contribution is -2.54. The van der Waals surface area contributed by atoms with E-state index < -0.39 is 12.2 Å². The van der Waals surface area contributed by atoms with Crippen LogP contribution in [0.25, 0.3) is 11.0 Å². The summed E-state index contributed by atoms with van der Waals surface area (Å²) >= 11 is 0. The highest BCUT2D eigenvalue weighted by atomic mass is 19.3. The molecule has 10 heteroatoms. The van der Waals surface area contributed by atoms with Gasteiger partial charge in [0.15, 0.2) is 11.7 Å². The van der Waals surface area contributed by atoms with E-state index in [2.05, 4.69) is 4.98 Å². The number of imidazole rings is 1. The van der Waals surface area contributed by atoms with Gasteiger partial charge in [-0.1, -0.05) is 12.1 Å². The average molecular weight is 419 g/mol. The fourth-order valence-corrected chi connectivity index (χ4v) is 3.73. The molecule has 4 rings (SSSR count). The van der Waals surface area contributed by atoms with E-state index in [0.717, 1.165) is 17.4 Å². The molecule has 1 aromatic carbocycles. The van der Waals surface area contributed by atoms with Crippen molar-refractivity contribution >= 4 is 22.8 Å². The van der Waals surface area contributed by atoms with Gasteiger partial charge in [-0.25, -0.2) is 13.8 Å². The molecule has 0 saturated carbocycles. The number of fused-ring (bicyclic) bond motifs is 1. The molecule has 3 N–H and O–H groups in total. The third-order valence-corrected chi connectivity index (χ3v) is 5.26. The molecule has 2 saturated heterocycles. The summed E-state index contributed by atoms with van der Waals surface area (Å²) in [5.74, 6) is -0.697. The molecule has 30 heavy (non-hydrogen) atoms. The largest absolute Gasteiger partial charge is 0.479 e. The molecule has 160 valence electrons. The third kappa shape index (κ3) is 4.00. The van der Waals surface area contributed by atoms with Gasteiger partial charge >= 0.3 is 0 Å². The lowest BCUT2D eigenvalue weighted by Gasteiger charge is -2.40. The number of ether oxygens (including phenoxy) is 2. The van der Waals surface area contributed by atoms with Crippen LogP contribution in [-0.4, -0.2) is 58.6 Å². The first kappa shape index (κ1) is 20.3. The minimum absolute atomic E-state index is 0.0144. The molecule has 0 aliphatic carbocycles. The predicted molar refractivity (Wildman–Crippen MR) is 105 cm³/mol. The smallest absolute Gasteiger partial charge is 0.296 e. The number of alkyl halides is 2. The van der Waals surface area contributed by atoms with Gasteiger partial charge < -0.3 is 20.1 Å². The van der Waals surface area contributed by atoms with Crippen molar-refractivity contribution in [1.82, 2.24) is 14.5 Å². The molecular weight excluding hydrogens is 396 g/mol. The van der Waals surface area contributed by atoms with E-state index >= 15 is 0 Å². The maximum Gasteiger partial charge on any atom is 0.296 e. The van der Waals surface area contributed by atoms with Gasteiger partial charge in [0.1, 0.15) is 11.9 Å². The SMILES string of the molecule is N=C(C=C(N)OCC1CN(C(=O)[C@H]2CCCO2)C1)n1c(C(F)F)nc2ccccc21. The molecule has 2 aliphatic heterocycles. The van der Waals surface area contributed by atoms with Gasteiger partial charge in [-0.05, 0) is 25.0 Å². The Morgan fingerprint density at radius 2 is 2.17 bits per heavy atom. The number of nitrogens with zero attached hydrogens (tertiary/aromatic N) is 3. The Morgan fingerprint density at radius 3 is 2.87 bits per heavy atom. The zero-order valence-electron chi connectivity index (χ0n) is 16.3. The molecule has 0 unspecified atom stereocenters. The van der Waals surface area contributed by atoms with E-state index in [1.807, 2.05) is 0 Å². The van der Waals surface area contributed by atoms with Crippen molar-refractivity contribution in [2.75, 3.05) is 26.3 Å². The van der Waals surface area contributed by atoms with E-state index in [9.17, 15) is 13.6 Å². The lowest BCUT2D eigenvalue weighted by molar-refractivity contribution is -0.148. The second-order valence-electron chi connectivity index (χ2n) is 7.45. The number of halogens is 2. The molecular formula is C20H23F2N5O3. The molecule has 1 amide bonds. The number of aromatic nitrogens is 2. The van der Waals surface area contributed by atoms with Gasteiger partial charge in [0, 0.05) is 31.7 Å². The molecule has 1 aromatic heterocycles. The first-order chi connectivity index (χ1) is 14.4. The Kier molecular flexibility index (Phi) is 5.67. The van der Waals surface area contributed by atoms with Gasteiger partial charge in [0.2, 0.25) is 0 Å². The summed E-state index contributed by atoms with van der Waals surface area (Å²) < 4.78 is 38.7. The van der Waals surface area contributed by atoms with Gasteiger partial charge in [-0.15, -0.1) is 0 Å². The summed E-state index contributed by atoms with van der Waals surface area (Å²) in [6.07, 6.45) is -0.308. The number of rotatable bonds is 6. The molecule has 0 radical (unpaired) electrons. The number of para-hydroxylation sites is 2. The van der Waals surface area contributed by atoms with Crippen LogP contribution in [0, 0.1) is 11.3 Å². The Bertz CT molecular complexity index is 978. The number of benzene rings is 1. The highest BCUT2D eigenvalue weighted by molar-refractivity contribution is 5.99. The topological polar surface area (TPSA) is 106 Å². The quantitative estimate of drug-likeness (QED) is 0.424. The van der Waals surface area contributed by atoms with Crippen molar-refractivity contribution in [2.24, 2.45) is 11.7 Å². The summed E-state index contributed by atoms with van der Waals surface area (Å²) in [5.41, 5.74) is 6.61. The summed E-state index contributed by atoms with van der Waals surface area (Å²) in [6, 6.07) is 6.60. The number of allylic oxidation sites excluding steroid dienone is 1. The van der Waals surface area contributed by atoms with Crippen LogP contribution < -0.4 is 5.73 Å². The van der Waals surface area contributed by atoms with E-state index in [0.29, 0.717) is 30.7 Å². The fourth-order valence-electron chi connectivity index (χ4n) is 3.73. The number of hydrogen-bond acceptors (Lipinski definition) is 6. The van der Waals surface area contributed by atoms with Gasteiger partial charge in [0.05, 0.1) is 17.6 Å². The Morgan fingerprint density at radius 1 is 1.40 bits per heavy atom. The van der Waals surface area contributed by atoms with Crippen molar-refractivity contribution in [3.8, 4) is 0 Å². The van der Waals surface area contributed by atoms with Crippen LogP contribution in [0.5, 0.6) is 0 Å². The molecule has 2 aliphatic rings. The molecule has 2 fully saturated rings. The van der Waals surface area contributed by atoms with Gasteiger partial charge in [0.25, 0.3) is 12.3 Å². The number of amides is 1. The number of nitrogens with one attached hydrogen (secondary N) is 1. The Balaban J connectivity index is 1.35. The number of nitrogens with two attached hydrogens (primary N) is 1. The normalized spacial score (nSPS) is 20.0. The van der Waals surface area contributed by atoms with E-state index in [4.69, 9.17) is 20.6 Å². The van der Waals surface area contributed by atoms with Crippen molar-refractivity contribution in [3.63, 3.8) is 0 Å². The first-order valence-corrected chi connectivity index (χ1v) is 9.79. The van der Waals surface area contributed by atoms with Crippen molar-refractivity contribution in [2.45, 2.75) is 25.4 Å². The molecule has 2 aromatic rings. The zero-order chi connectivity index (χ0) is 21.3. The highest BCUT2D eigenvalue weighted by Gasteiger charge is 2.36. The van der Waals surface area contributed by atoms with Crippen molar-refractivity contribution in [1.29, 1.82) is 5.41 Å². The van der Waals surface area contributed by atoms with Crippen LogP contribution in [0.2, 0.25) is 0 Å². The van der Waals surface area contributed by atoms with E-state index in [1.54, 1.807) is 29.2 Å². The van der Waals surface area contributed by atoms with Crippen LogP contribution in [0.15, 0.2) is 36.2 Å². The predicted octanol–water partition coefficient (Wildman–Crippen LogP) is 2.25. The third-order valence-electron chi connectivity index (χ3n) is 5.26. The monoisotopic (exact) mass is 419 g/mol. The minimum atomic E-state index is -2.84. The van der Waals surface area contributed by atoms with Crippen molar-refractivity contribution < 1.29 is 23.0 Å². The minimum Gasteiger partial charge on any atom is -0.479 e. The summed E-state index contributed by atoms with van der Waals surface area (Å²) in [5, 5.41) is 8.21. The molecule has 3 heterocycles. The summed E-state index contributed by atoms with van der Waals surface area (Å²) in [7, 11) is 0. The standard InChI is InChI=1S/C20H23F2N5O3/c21-18(22)19-25-13-4-1-2-5-14(13)27(19)16(23)8-17(24)30-11-12-9-26(10-12)20(28)15-6-3-7-29-15/h1-2,4-5,8,12,15,18,23H,3,6-7,9-11,24H2/t15-/m1/s1.